The molecule has 6 heteroatoms. The number of fused-ring (bicyclic) bond motifs is 1. The second-order valence-electron chi connectivity index (χ2n) is 9.18. The van der Waals surface area contributed by atoms with Crippen LogP contribution in [0.25, 0.3) is 0 Å². The predicted molar refractivity (Wildman–Crippen MR) is 127 cm³/mol. The lowest BCUT2D eigenvalue weighted by Crippen LogP contribution is -2.47. The maximum absolute atomic E-state index is 12.3. The van der Waals surface area contributed by atoms with Gasteiger partial charge in [0.25, 0.3) is 0 Å². The highest BCUT2D eigenvalue weighted by Crippen LogP contribution is 2.31. The van der Waals surface area contributed by atoms with Crippen molar-refractivity contribution in [3.63, 3.8) is 0 Å². The second-order valence-corrected chi connectivity index (χ2v) is 9.18. The number of rotatable bonds is 6. The van der Waals surface area contributed by atoms with Crippen LogP contribution in [0.2, 0.25) is 0 Å². The molecular weight excluding hydrogens is 402 g/mol. The monoisotopic (exact) mass is 435 g/mol. The van der Waals surface area contributed by atoms with Crippen molar-refractivity contribution >= 4 is 17.3 Å². The van der Waals surface area contributed by atoms with Crippen LogP contribution in [0.15, 0.2) is 48.5 Å². The van der Waals surface area contributed by atoms with Crippen LogP contribution in [0, 0.1) is 5.92 Å². The molecule has 6 nitrogen and oxygen atoms in total. The Morgan fingerprint density at radius 1 is 0.938 bits per heavy atom. The van der Waals surface area contributed by atoms with Gasteiger partial charge in [0.2, 0.25) is 5.91 Å². The molecule has 2 heterocycles. The number of piperidine rings is 1. The fraction of sp³-hybridized carbons (Fsp3) is 0.500. The highest BCUT2D eigenvalue weighted by Gasteiger charge is 2.25. The quantitative estimate of drug-likeness (QED) is 0.712. The van der Waals surface area contributed by atoms with E-state index in [1.165, 1.54) is 18.5 Å². The van der Waals surface area contributed by atoms with Crippen LogP contribution in [0.3, 0.4) is 0 Å². The van der Waals surface area contributed by atoms with Crippen LogP contribution < -0.4 is 25.0 Å². The molecule has 3 aliphatic rings. The van der Waals surface area contributed by atoms with Crippen molar-refractivity contribution in [2.45, 2.75) is 50.7 Å². The molecular formula is C26H33N3O3. The number of ether oxygens (including phenoxy) is 2. The number of amides is 1. The number of hydrogen-bond acceptors (Lipinski definition) is 5. The number of hydrogen-bond donors (Lipinski definition) is 2. The van der Waals surface area contributed by atoms with E-state index in [4.69, 9.17) is 9.47 Å². The van der Waals surface area contributed by atoms with Gasteiger partial charge < -0.3 is 25.0 Å². The topological polar surface area (TPSA) is 62.8 Å². The molecule has 0 bridgehead atoms. The third kappa shape index (κ3) is 5.01. The van der Waals surface area contributed by atoms with Crippen LogP contribution in [-0.4, -0.2) is 44.3 Å². The van der Waals surface area contributed by atoms with E-state index >= 15 is 0 Å². The largest absolute Gasteiger partial charge is 0.486 e. The first-order valence-electron chi connectivity index (χ1n) is 12.0. The number of carbonyl (C=O) groups excluding carboxylic acids is 1. The summed E-state index contributed by atoms with van der Waals surface area (Å²) >= 11 is 0. The van der Waals surface area contributed by atoms with Crippen molar-refractivity contribution in [2.24, 2.45) is 5.92 Å². The molecule has 2 N–H and O–H groups in total. The summed E-state index contributed by atoms with van der Waals surface area (Å²) in [6.45, 7) is 3.44. The summed E-state index contributed by atoms with van der Waals surface area (Å²) in [5.41, 5.74) is 2.13. The van der Waals surface area contributed by atoms with Gasteiger partial charge in [0.15, 0.2) is 11.5 Å². The number of anilines is 2. The molecule has 2 aliphatic heterocycles. The summed E-state index contributed by atoms with van der Waals surface area (Å²) in [6, 6.07) is 16.7. The Morgan fingerprint density at radius 3 is 2.41 bits per heavy atom. The highest BCUT2D eigenvalue weighted by atomic mass is 16.6. The molecule has 1 unspecified atom stereocenters. The molecule has 2 aromatic carbocycles. The van der Waals surface area contributed by atoms with Crippen molar-refractivity contribution in [3.8, 4) is 11.5 Å². The molecule has 1 saturated carbocycles. The third-order valence-corrected chi connectivity index (χ3v) is 6.92. The van der Waals surface area contributed by atoms with Gasteiger partial charge in [-0.25, -0.2) is 0 Å². The molecule has 5 rings (SSSR count). The van der Waals surface area contributed by atoms with E-state index < -0.39 is 0 Å². The van der Waals surface area contributed by atoms with E-state index in [9.17, 15) is 4.79 Å². The van der Waals surface area contributed by atoms with Gasteiger partial charge in [-0.3, -0.25) is 4.79 Å². The molecule has 170 valence electrons. The first-order valence-corrected chi connectivity index (χ1v) is 12.0. The zero-order chi connectivity index (χ0) is 21.8. The molecule has 0 radical (unpaired) electrons. The molecule has 2 fully saturated rings. The summed E-state index contributed by atoms with van der Waals surface area (Å²) in [6.07, 6.45) is 6.67. The molecule has 32 heavy (non-hydrogen) atoms. The lowest BCUT2D eigenvalue weighted by atomic mass is 10.0. The molecule has 0 aromatic heterocycles. The summed E-state index contributed by atoms with van der Waals surface area (Å²) in [7, 11) is 0. The van der Waals surface area contributed by atoms with E-state index in [-0.39, 0.29) is 17.9 Å². The van der Waals surface area contributed by atoms with Gasteiger partial charge in [0.05, 0.1) is 0 Å². The summed E-state index contributed by atoms with van der Waals surface area (Å²) < 4.78 is 11.9. The fourth-order valence-electron chi connectivity index (χ4n) is 4.99. The Hall–Kier alpha value is -2.73. The molecule has 1 atom stereocenters. The molecule has 1 aliphatic carbocycles. The van der Waals surface area contributed by atoms with Crippen LogP contribution in [-0.2, 0) is 4.79 Å². The first kappa shape index (κ1) is 21.1. The van der Waals surface area contributed by atoms with E-state index in [0.29, 0.717) is 12.6 Å². The zero-order valence-corrected chi connectivity index (χ0v) is 18.6. The van der Waals surface area contributed by atoms with Gasteiger partial charge in [0, 0.05) is 43.0 Å². The minimum atomic E-state index is 0.0508. The number of carbonyl (C=O) groups is 1. The third-order valence-electron chi connectivity index (χ3n) is 6.92. The van der Waals surface area contributed by atoms with Gasteiger partial charge >= 0.3 is 0 Å². The smallest absolute Gasteiger partial charge is 0.227 e. The minimum Gasteiger partial charge on any atom is -0.486 e. The Balaban J connectivity index is 1.05. The number of nitrogens with zero attached hydrogens (tertiary/aromatic N) is 1. The molecule has 2 aromatic rings. The lowest BCUT2D eigenvalue weighted by molar-refractivity contribution is -0.119. The molecule has 1 saturated heterocycles. The van der Waals surface area contributed by atoms with Crippen molar-refractivity contribution in [3.05, 3.63) is 48.5 Å². The fourth-order valence-corrected chi connectivity index (χ4v) is 4.99. The first-order chi connectivity index (χ1) is 15.7. The zero-order valence-electron chi connectivity index (χ0n) is 18.6. The van der Waals surface area contributed by atoms with Crippen LogP contribution >= 0.6 is 0 Å². The summed E-state index contributed by atoms with van der Waals surface area (Å²) in [4.78, 5) is 14.8. The predicted octanol–water partition coefficient (Wildman–Crippen LogP) is 4.21. The van der Waals surface area contributed by atoms with Gasteiger partial charge in [-0.15, -0.1) is 0 Å². The molecule has 0 spiro atoms. The standard InChI is InChI=1S/C26H33N3O3/c30-26(19-5-1-2-6-19)28-21-9-11-22(12-10-21)29-15-13-20(14-16-29)27-17-23-18-31-24-7-3-4-8-25(24)32-23/h3-4,7-12,19-20,23,27H,1-2,5-6,13-18H2,(H,28,30). The van der Waals surface area contributed by atoms with Crippen LogP contribution in [0.4, 0.5) is 11.4 Å². The summed E-state index contributed by atoms with van der Waals surface area (Å²) in [5.74, 6) is 2.05. The number of nitrogens with one attached hydrogen (secondary N) is 2. The van der Waals surface area contributed by atoms with Gasteiger partial charge in [0.1, 0.15) is 12.7 Å². The van der Waals surface area contributed by atoms with E-state index in [1.807, 2.05) is 36.4 Å². The van der Waals surface area contributed by atoms with Crippen molar-refractivity contribution in [2.75, 3.05) is 36.5 Å². The average molecular weight is 436 g/mol. The van der Waals surface area contributed by atoms with Gasteiger partial charge in [-0.2, -0.15) is 0 Å². The molecule has 1 amide bonds. The summed E-state index contributed by atoms with van der Waals surface area (Å²) in [5, 5.41) is 6.76. The van der Waals surface area contributed by atoms with Crippen LogP contribution in [0.1, 0.15) is 38.5 Å². The Labute approximate surface area is 190 Å². The number of benzene rings is 2. The maximum Gasteiger partial charge on any atom is 0.227 e. The minimum absolute atomic E-state index is 0.0508. The van der Waals surface area contributed by atoms with E-state index in [0.717, 1.165) is 62.5 Å². The normalized spacial score (nSPS) is 21.5. The lowest BCUT2D eigenvalue weighted by Gasteiger charge is -2.35. The van der Waals surface area contributed by atoms with Crippen molar-refractivity contribution in [1.29, 1.82) is 0 Å². The highest BCUT2D eigenvalue weighted by molar-refractivity contribution is 5.92. The van der Waals surface area contributed by atoms with Crippen molar-refractivity contribution < 1.29 is 14.3 Å². The number of para-hydroxylation sites is 2. The van der Waals surface area contributed by atoms with E-state index in [1.54, 1.807) is 0 Å². The van der Waals surface area contributed by atoms with Gasteiger partial charge in [-0.05, 0) is 62.1 Å². The Kier molecular flexibility index (Phi) is 6.49. The SMILES string of the molecule is O=C(Nc1ccc(N2CCC(NCC3COc4ccccc4O3)CC2)cc1)C1CCCC1. The average Bonchev–Trinajstić information content (AvgIpc) is 3.39. The van der Waals surface area contributed by atoms with E-state index in [2.05, 4.69) is 27.7 Å². The Morgan fingerprint density at radius 2 is 1.66 bits per heavy atom. The van der Waals surface area contributed by atoms with Crippen LogP contribution in [0.5, 0.6) is 11.5 Å². The second kappa shape index (κ2) is 9.82. The van der Waals surface area contributed by atoms with Crippen molar-refractivity contribution in [1.82, 2.24) is 5.32 Å². The Bertz CT molecular complexity index is 903. The van der Waals surface area contributed by atoms with Gasteiger partial charge in [-0.1, -0.05) is 25.0 Å². The maximum atomic E-state index is 12.3.